The summed E-state index contributed by atoms with van der Waals surface area (Å²) in [5.74, 6) is 0.533. The van der Waals surface area contributed by atoms with Crippen LogP contribution in [0.4, 0.5) is 4.39 Å². The molecule has 0 radical (unpaired) electrons. The summed E-state index contributed by atoms with van der Waals surface area (Å²) in [5, 5.41) is 6.46. The van der Waals surface area contributed by atoms with E-state index < -0.39 is 0 Å². The number of guanidine groups is 1. The second-order valence-corrected chi connectivity index (χ2v) is 5.40. The number of aromatic nitrogens is 1. The van der Waals surface area contributed by atoms with E-state index in [0.717, 1.165) is 29.5 Å². The van der Waals surface area contributed by atoms with Crippen LogP contribution in [-0.2, 0) is 13.1 Å². The number of nitrogens with zero attached hydrogens (tertiary/aromatic N) is 2. The van der Waals surface area contributed by atoms with Crippen molar-refractivity contribution in [2.75, 3.05) is 6.54 Å². The molecule has 24 heavy (non-hydrogen) atoms. The Labute approximate surface area is 160 Å². The summed E-state index contributed by atoms with van der Waals surface area (Å²) in [4.78, 5) is 8.99. The van der Waals surface area contributed by atoms with Crippen LogP contribution in [0.1, 0.15) is 29.4 Å². The fourth-order valence-electron chi connectivity index (χ4n) is 2.19. The molecule has 6 heteroatoms. The van der Waals surface area contributed by atoms with Gasteiger partial charge in [-0.3, -0.25) is 4.98 Å². The quantitative estimate of drug-likeness (QED) is 0.422. The number of halogens is 2. The topological polar surface area (TPSA) is 49.3 Å². The van der Waals surface area contributed by atoms with Gasteiger partial charge in [0, 0.05) is 12.2 Å². The summed E-state index contributed by atoms with van der Waals surface area (Å²) >= 11 is 0. The van der Waals surface area contributed by atoms with Gasteiger partial charge in [-0.15, -0.1) is 24.0 Å². The Bertz CT molecular complexity index is 688. The van der Waals surface area contributed by atoms with Gasteiger partial charge in [0.2, 0.25) is 0 Å². The van der Waals surface area contributed by atoms with Crippen LogP contribution in [0.25, 0.3) is 0 Å². The van der Waals surface area contributed by atoms with Gasteiger partial charge in [0.1, 0.15) is 5.82 Å². The molecule has 130 valence electrons. The predicted octanol–water partition coefficient (Wildman–Crippen LogP) is 3.71. The summed E-state index contributed by atoms with van der Waals surface area (Å²) < 4.78 is 13.3. The zero-order valence-corrected chi connectivity index (χ0v) is 16.6. The van der Waals surface area contributed by atoms with Crippen LogP contribution in [-0.4, -0.2) is 17.5 Å². The molecule has 0 aliphatic carbocycles. The van der Waals surface area contributed by atoms with Crippen molar-refractivity contribution in [3.63, 3.8) is 0 Å². The molecule has 2 rings (SSSR count). The van der Waals surface area contributed by atoms with Crippen molar-refractivity contribution in [1.82, 2.24) is 15.6 Å². The van der Waals surface area contributed by atoms with E-state index in [4.69, 9.17) is 0 Å². The minimum Gasteiger partial charge on any atom is -0.357 e. The summed E-state index contributed by atoms with van der Waals surface area (Å²) in [7, 11) is 0. The van der Waals surface area contributed by atoms with Crippen LogP contribution < -0.4 is 10.6 Å². The number of pyridine rings is 1. The molecule has 0 fully saturated rings. The highest BCUT2D eigenvalue weighted by Crippen LogP contribution is 2.10. The maximum absolute atomic E-state index is 13.3. The number of nitrogens with one attached hydrogen (secondary N) is 2. The van der Waals surface area contributed by atoms with Crippen LogP contribution >= 0.6 is 24.0 Å². The van der Waals surface area contributed by atoms with Crippen molar-refractivity contribution >= 4 is 29.9 Å². The molecule has 0 unspecified atom stereocenters. The van der Waals surface area contributed by atoms with Gasteiger partial charge < -0.3 is 10.6 Å². The molecule has 0 atom stereocenters. The Morgan fingerprint density at radius 3 is 2.62 bits per heavy atom. The Morgan fingerprint density at radius 1 is 1.17 bits per heavy atom. The van der Waals surface area contributed by atoms with Gasteiger partial charge in [-0.1, -0.05) is 18.2 Å². The van der Waals surface area contributed by atoms with Crippen molar-refractivity contribution in [3.05, 3.63) is 64.7 Å². The minimum atomic E-state index is -0.187. The molecule has 0 amide bonds. The van der Waals surface area contributed by atoms with E-state index in [1.807, 2.05) is 38.1 Å². The average molecular weight is 442 g/mol. The lowest BCUT2D eigenvalue weighted by Crippen LogP contribution is -2.37. The maximum Gasteiger partial charge on any atom is 0.191 e. The molecule has 0 saturated carbocycles. The molecule has 0 aliphatic rings. The van der Waals surface area contributed by atoms with Crippen molar-refractivity contribution in [1.29, 1.82) is 0 Å². The third-order valence-corrected chi connectivity index (χ3v) is 3.37. The first-order chi connectivity index (χ1) is 11.1. The number of aryl methyl sites for hydroxylation is 2. The van der Waals surface area contributed by atoms with E-state index in [-0.39, 0.29) is 29.8 Å². The molecule has 4 nitrogen and oxygen atoms in total. The van der Waals surface area contributed by atoms with Crippen LogP contribution in [0.3, 0.4) is 0 Å². The number of hydrogen-bond acceptors (Lipinski definition) is 2. The van der Waals surface area contributed by atoms with Gasteiger partial charge in [-0.2, -0.15) is 0 Å². The van der Waals surface area contributed by atoms with Crippen molar-refractivity contribution < 1.29 is 4.39 Å². The lowest BCUT2D eigenvalue weighted by molar-refractivity contribution is 0.617. The van der Waals surface area contributed by atoms with E-state index in [9.17, 15) is 4.39 Å². The highest BCUT2D eigenvalue weighted by molar-refractivity contribution is 14.0. The molecular weight excluding hydrogens is 418 g/mol. The molecule has 1 aromatic carbocycles. The molecule has 0 saturated heterocycles. The first-order valence-electron chi connectivity index (χ1n) is 7.78. The van der Waals surface area contributed by atoms with Crippen LogP contribution in [0.2, 0.25) is 0 Å². The number of aliphatic imine (C=N–C) groups is 1. The lowest BCUT2D eigenvalue weighted by atomic mass is 10.1. The maximum atomic E-state index is 13.3. The normalized spacial score (nSPS) is 10.9. The van der Waals surface area contributed by atoms with Crippen LogP contribution in [0.5, 0.6) is 0 Å². The standard InChI is InChI=1S/C18H23FN4.HI/c1-4-20-18(22-12-16-7-5-6-14(3)23-16)21-11-15-8-9-17(19)13(2)10-15;/h5-10H,4,11-12H2,1-3H3,(H2,20,21,22);1H. The van der Waals surface area contributed by atoms with E-state index >= 15 is 0 Å². The fourth-order valence-corrected chi connectivity index (χ4v) is 2.19. The minimum absolute atomic E-state index is 0. The predicted molar refractivity (Wildman–Crippen MR) is 107 cm³/mol. The summed E-state index contributed by atoms with van der Waals surface area (Å²) in [6, 6.07) is 11.0. The van der Waals surface area contributed by atoms with Crippen molar-refractivity contribution in [2.24, 2.45) is 4.99 Å². The van der Waals surface area contributed by atoms with Gasteiger partial charge in [-0.25, -0.2) is 9.38 Å². The highest BCUT2D eigenvalue weighted by atomic mass is 127. The van der Waals surface area contributed by atoms with Gasteiger partial charge in [0.15, 0.2) is 5.96 Å². The Balaban J connectivity index is 0.00000288. The number of rotatable bonds is 5. The molecule has 2 N–H and O–H groups in total. The van der Waals surface area contributed by atoms with Crippen LogP contribution in [0, 0.1) is 19.7 Å². The second-order valence-electron chi connectivity index (χ2n) is 5.40. The van der Waals surface area contributed by atoms with Crippen LogP contribution in [0.15, 0.2) is 41.4 Å². The largest absolute Gasteiger partial charge is 0.357 e. The second kappa shape index (κ2) is 10.2. The van der Waals surface area contributed by atoms with Gasteiger partial charge >= 0.3 is 0 Å². The molecule has 1 aromatic heterocycles. The monoisotopic (exact) mass is 442 g/mol. The lowest BCUT2D eigenvalue weighted by Gasteiger charge is -2.11. The Kier molecular flexibility index (Phi) is 8.67. The smallest absolute Gasteiger partial charge is 0.191 e. The molecule has 1 heterocycles. The molecule has 2 aromatic rings. The third-order valence-electron chi connectivity index (χ3n) is 3.37. The summed E-state index contributed by atoms with van der Waals surface area (Å²) in [5.41, 5.74) is 3.58. The van der Waals surface area contributed by atoms with E-state index in [0.29, 0.717) is 18.7 Å². The summed E-state index contributed by atoms with van der Waals surface area (Å²) in [6.07, 6.45) is 0. The molecule has 0 aliphatic heterocycles. The highest BCUT2D eigenvalue weighted by Gasteiger charge is 2.01. The van der Waals surface area contributed by atoms with Gasteiger partial charge in [0.05, 0.1) is 18.8 Å². The zero-order valence-electron chi connectivity index (χ0n) is 14.3. The average Bonchev–Trinajstić information content (AvgIpc) is 2.53. The van der Waals surface area contributed by atoms with Gasteiger partial charge in [-0.05, 0) is 50.1 Å². The van der Waals surface area contributed by atoms with Crippen molar-refractivity contribution in [3.8, 4) is 0 Å². The van der Waals surface area contributed by atoms with Gasteiger partial charge in [0.25, 0.3) is 0 Å². The third kappa shape index (κ3) is 6.43. The van der Waals surface area contributed by atoms with E-state index in [2.05, 4.69) is 20.6 Å². The first kappa shape index (κ1) is 20.3. The number of hydrogen-bond donors (Lipinski definition) is 2. The summed E-state index contributed by atoms with van der Waals surface area (Å²) in [6.45, 7) is 7.63. The Hall–Kier alpha value is -1.70. The fraction of sp³-hybridized carbons (Fsp3) is 0.333. The number of benzene rings is 1. The molecule has 0 spiro atoms. The molecule has 0 bridgehead atoms. The van der Waals surface area contributed by atoms with E-state index in [1.54, 1.807) is 13.0 Å². The zero-order chi connectivity index (χ0) is 16.7. The SMILES string of the molecule is CCNC(=NCc1ccc(F)c(C)c1)NCc1cccc(C)n1.I. The first-order valence-corrected chi connectivity index (χ1v) is 7.78. The molecular formula is C18H24FIN4. The van der Waals surface area contributed by atoms with Crippen molar-refractivity contribution in [2.45, 2.75) is 33.9 Å². The Morgan fingerprint density at radius 2 is 1.96 bits per heavy atom. The van der Waals surface area contributed by atoms with E-state index in [1.165, 1.54) is 6.07 Å².